The summed E-state index contributed by atoms with van der Waals surface area (Å²) in [6.45, 7) is 5.41. The number of anilines is 1. The minimum Gasteiger partial charge on any atom is -0.424 e. The molecule has 170 valence electrons. The quantitative estimate of drug-likeness (QED) is 0.459. The van der Waals surface area contributed by atoms with Gasteiger partial charge in [0.05, 0.1) is 17.3 Å². The van der Waals surface area contributed by atoms with E-state index in [-0.39, 0.29) is 11.9 Å². The molecule has 0 saturated carbocycles. The highest BCUT2D eigenvalue weighted by atomic mass is 35.5. The van der Waals surface area contributed by atoms with Crippen LogP contribution in [0.2, 0.25) is 5.02 Å². The van der Waals surface area contributed by atoms with Gasteiger partial charge >= 0.3 is 0 Å². The first kappa shape index (κ1) is 21.5. The number of nitrogens with zero attached hydrogens (tertiary/aromatic N) is 5. The first-order chi connectivity index (χ1) is 16.0. The smallest absolute Gasteiger partial charge is 0.295 e. The van der Waals surface area contributed by atoms with E-state index in [9.17, 15) is 4.79 Å². The Bertz CT molecular complexity index is 1290. The van der Waals surface area contributed by atoms with E-state index in [1.165, 1.54) is 6.33 Å². The molecule has 2 aromatic carbocycles. The van der Waals surface area contributed by atoms with Crippen LogP contribution >= 0.6 is 11.6 Å². The maximum absolute atomic E-state index is 13.8. The summed E-state index contributed by atoms with van der Waals surface area (Å²) in [5.74, 6) is 0.320. The Kier molecular flexibility index (Phi) is 5.76. The lowest BCUT2D eigenvalue weighted by Gasteiger charge is -2.40. The highest BCUT2D eigenvalue weighted by Gasteiger charge is 2.33. The fourth-order valence-corrected chi connectivity index (χ4v) is 4.66. The highest BCUT2D eigenvalue weighted by Crippen LogP contribution is 2.28. The standard InChI is InChI=1S/C24H25ClN6O2/c1-15-5-7-20(31-14-26-13-28-31)18(10-15)23(32)30-9-3-4-16(2)21(30)12-27-24-29-19-11-17(25)6-8-22(19)33-24/h5-8,10-11,13-14,16,21H,3-4,9,12H2,1-2H3,(H,27,29)/t16-,21?/m1/s1. The molecule has 1 N–H and O–H groups in total. The molecule has 4 aromatic rings. The van der Waals surface area contributed by atoms with Crippen molar-refractivity contribution in [3.05, 3.63) is 65.2 Å². The molecule has 1 fully saturated rings. The van der Waals surface area contributed by atoms with Gasteiger partial charge in [-0.05, 0) is 56.0 Å². The molecule has 1 aliphatic rings. The molecular formula is C24H25ClN6O2. The van der Waals surface area contributed by atoms with Gasteiger partial charge in [0.15, 0.2) is 5.58 Å². The number of likely N-dealkylation sites (tertiary alicyclic amines) is 1. The fraction of sp³-hybridized carbons (Fsp3) is 0.333. The molecule has 8 nitrogen and oxygen atoms in total. The molecule has 1 aliphatic heterocycles. The molecule has 0 spiro atoms. The van der Waals surface area contributed by atoms with Crippen LogP contribution < -0.4 is 5.32 Å². The number of nitrogens with one attached hydrogen (secondary N) is 1. The monoisotopic (exact) mass is 464 g/mol. The molecular weight excluding hydrogens is 440 g/mol. The summed E-state index contributed by atoms with van der Waals surface area (Å²) in [5, 5.41) is 8.15. The van der Waals surface area contributed by atoms with E-state index in [0.717, 1.165) is 24.1 Å². The van der Waals surface area contributed by atoms with E-state index in [4.69, 9.17) is 16.0 Å². The highest BCUT2D eigenvalue weighted by molar-refractivity contribution is 6.31. The van der Waals surface area contributed by atoms with Crippen molar-refractivity contribution in [2.24, 2.45) is 5.92 Å². The van der Waals surface area contributed by atoms with E-state index in [0.29, 0.717) is 46.7 Å². The van der Waals surface area contributed by atoms with E-state index in [1.807, 2.05) is 30.0 Å². The molecule has 0 bridgehead atoms. The molecule has 1 saturated heterocycles. The molecule has 3 heterocycles. The second kappa shape index (κ2) is 8.86. The van der Waals surface area contributed by atoms with Crippen LogP contribution in [0.3, 0.4) is 0 Å². The molecule has 5 rings (SSSR count). The molecule has 0 aliphatic carbocycles. The van der Waals surface area contributed by atoms with Crippen molar-refractivity contribution in [2.75, 3.05) is 18.4 Å². The van der Waals surface area contributed by atoms with Crippen LogP contribution in [0.5, 0.6) is 0 Å². The van der Waals surface area contributed by atoms with Crippen molar-refractivity contribution in [2.45, 2.75) is 32.7 Å². The average molecular weight is 465 g/mol. The lowest BCUT2D eigenvalue weighted by Crippen LogP contribution is -2.51. The zero-order valence-electron chi connectivity index (χ0n) is 18.5. The Morgan fingerprint density at radius 3 is 2.97 bits per heavy atom. The van der Waals surface area contributed by atoms with Crippen molar-refractivity contribution in [1.82, 2.24) is 24.6 Å². The molecule has 9 heteroatoms. The Labute approximate surface area is 196 Å². The minimum atomic E-state index is -0.00750. The van der Waals surface area contributed by atoms with Crippen molar-refractivity contribution in [1.29, 1.82) is 0 Å². The van der Waals surface area contributed by atoms with Gasteiger partial charge in [-0.15, -0.1) is 0 Å². The number of aromatic nitrogens is 4. The predicted octanol–water partition coefficient (Wildman–Crippen LogP) is 4.72. The van der Waals surface area contributed by atoms with E-state index in [2.05, 4.69) is 27.3 Å². The van der Waals surface area contributed by atoms with E-state index < -0.39 is 0 Å². The van der Waals surface area contributed by atoms with Crippen LogP contribution in [0.15, 0.2) is 53.5 Å². The van der Waals surface area contributed by atoms with Crippen LogP contribution in [0.4, 0.5) is 6.01 Å². The molecule has 1 unspecified atom stereocenters. The second-order valence-corrected chi connectivity index (χ2v) is 8.99. The summed E-state index contributed by atoms with van der Waals surface area (Å²) < 4.78 is 7.45. The van der Waals surface area contributed by atoms with Gasteiger partial charge < -0.3 is 14.6 Å². The summed E-state index contributed by atoms with van der Waals surface area (Å²) in [6.07, 6.45) is 5.11. The van der Waals surface area contributed by atoms with Crippen LogP contribution in [0.1, 0.15) is 35.7 Å². The zero-order valence-corrected chi connectivity index (χ0v) is 19.3. The van der Waals surface area contributed by atoms with Gasteiger partial charge in [0.1, 0.15) is 18.2 Å². The maximum atomic E-state index is 13.8. The van der Waals surface area contributed by atoms with Gasteiger partial charge in [-0.2, -0.15) is 10.1 Å². The number of carbonyl (C=O) groups excluding carboxylic acids is 1. The van der Waals surface area contributed by atoms with Gasteiger partial charge in [0, 0.05) is 18.1 Å². The van der Waals surface area contributed by atoms with Gasteiger partial charge in [0.2, 0.25) is 0 Å². The number of hydrogen-bond donors (Lipinski definition) is 1. The number of amides is 1. The minimum absolute atomic E-state index is 0.00559. The Balaban J connectivity index is 1.40. The van der Waals surface area contributed by atoms with Crippen LogP contribution in [-0.4, -0.2) is 49.7 Å². The number of carbonyl (C=O) groups is 1. The topological polar surface area (TPSA) is 89.1 Å². The van der Waals surface area contributed by atoms with Crippen LogP contribution in [-0.2, 0) is 0 Å². The Morgan fingerprint density at radius 1 is 1.27 bits per heavy atom. The van der Waals surface area contributed by atoms with Crippen molar-refractivity contribution in [3.63, 3.8) is 0 Å². The van der Waals surface area contributed by atoms with Gasteiger partial charge in [-0.1, -0.05) is 30.2 Å². The van der Waals surface area contributed by atoms with Gasteiger partial charge in [-0.3, -0.25) is 4.79 Å². The summed E-state index contributed by atoms with van der Waals surface area (Å²) in [6, 6.07) is 11.6. The first-order valence-electron chi connectivity index (χ1n) is 11.1. The number of piperidine rings is 1. The van der Waals surface area contributed by atoms with Crippen LogP contribution in [0, 0.1) is 12.8 Å². The predicted molar refractivity (Wildman–Crippen MR) is 127 cm³/mol. The molecule has 1 amide bonds. The number of fused-ring (bicyclic) bond motifs is 1. The molecule has 2 aromatic heterocycles. The third kappa shape index (κ3) is 4.30. The van der Waals surface area contributed by atoms with Gasteiger partial charge in [0.25, 0.3) is 11.9 Å². The first-order valence-corrected chi connectivity index (χ1v) is 11.4. The average Bonchev–Trinajstić information content (AvgIpc) is 3.47. The summed E-state index contributed by atoms with van der Waals surface area (Å²) in [4.78, 5) is 24.3. The third-order valence-electron chi connectivity index (χ3n) is 6.24. The van der Waals surface area contributed by atoms with Crippen molar-refractivity contribution >= 4 is 34.6 Å². The zero-order chi connectivity index (χ0) is 22.9. The Morgan fingerprint density at radius 2 is 2.15 bits per heavy atom. The van der Waals surface area contributed by atoms with E-state index >= 15 is 0 Å². The summed E-state index contributed by atoms with van der Waals surface area (Å²) in [7, 11) is 0. The maximum Gasteiger partial charge on any atom is 0.295 e. The number of benzene rings is 2. The molecule has 33 heavy (non-hydrogen) atoms. The SMILES string of the molecule is Cc1ccc(-n2cncn2)c(C(=O)N2CCC[C@@H](C)C2CNc2nc3cc(Cl)ccc3o2)c1. The number of oxazole rings is 1. The number of rotatable bonds is 5. The van der Waals surface area contributed by atoms with Crippen LogP contribution in [0.25, 0.3) is 16.8 Å². The number of hydrogen-bond acceptors (Lipinski definition) is 6. The Hall–Kier alpha value is -3.39. The van der Waals surface area contributed by atoms with E-state index in [1.54, 1.807) is 29.2 Å². The lowest BCUT2D eigenvalue weighted by atomic mass is 9.90. The van der Waals surface area contributed by atoms with Gasteiger partial charge in [-0.25, -0.2) is 9.67 Å². The number of halogens is 1. The van der Waals surface area contributed by atoms with Crippen molar-refractivity contribution < 1.29 is 9.21 Å². The molecule has 0 radical (unpaired) electrons. The summed E-state index contributed by atoms with van der Waals surface area (Å²) in [5.41, 5.74) is 3.74. The largest absolute Gasteiger partial charge is 0.424 e. The number of aryl methyl sites for hydroxylation is 1. The summed E-state index contributed by atoms with van der Waals surface area (Å²) >= 11 is 6.06. The fourth-order valence-electron chi connectivity index (χ4n) is 4.49. The lowest BCUT2D eigenvalue weighted by molar-refractivity contribution is 0.0539. The molecule has 2 atom stereocenters. The third-order valence-corrected chi connectivity index (χ3v) is 6.47. The van der Waals surface area contributed by atoms with Crippen molar-refractivity contribution in [3.8, 4) is 5.69 Å². The second-order valence-electron chi connectivity index (χ2n) is 8.56. The normalized spacial score (nSPS) is 18.6.